The van der Waals surface area contributed by atoms with Gasteiger partial charge in [-0.05, 0) is 56.5 Å². The number of rotatable bonds is 13. The summed E-state index contributed by atoms with van der Waals surface area (Å²) >= 11 is 0. The first-order valence-electron chi connectivity index (χ1n) is 12.0. The van der Waals surface area contributed by atoms with Gasteiger partial charge in [0.05, 0.1) is 12.1 Å². The lowest BCUT2D eigenvalue weighted by Gasteiger charge is -2.27. The van der Waals surface area contributed by atoms with Gasteiger partial charge in [-0.1, -0.05) is 42.5 Å². The third-order valence-electron chi connectivity index (χ3n) is 5.65. The van der Waals surface area contributed by atoms with Crippen LogP contribution >= 0.6 is 0 Å². The molecule has 0 bridgehead atoms. The highest BCUT2D eigenvalue weighted by Crippen LogP contribution is 2.14. The molecule has 0 atom stereocenters. The fraction of sp³-hybridized carbons (Fsp3) is 0.357. The Morgan fingerprint density at radius 3 is 2.37 bits per heavy atom. The quantitative estimate of drug-likeness (QED) is 0.328. The third-order valence-corrected chi connectivity index (χ3v) is 5.65. The molecule has 0 aliphatic carbocycles. The van der Waals surface area contributed by atoms with E-state index in [1.807, 2.05) is 56.3 Å². The van der Waals surface area contributed by atoms with E-state index in [-0.39, 0.29) is 24.6 Å². The van der Waals surface area contributed by atoms with Crippen molar-refractivity contribution in [1.82, 2.24) is 9.80 Å². The Kier molecular flexibility index (Phi) is 10.0. The van der Waals surface area contributed by atoms with Crippen LogP contribution in [0.4, 0.5) is 4.39 Å². The molecule has 0 aliphatic rings. The SMILES string of the molecule is CCOCCCN(CC(=O)N(CCc1ccccc1)Cc1ccc(C)o1)C(=O)c1ccccc1F. The minimum absolute atomic E-state index is 0.0470. The fourth-order valence-corrected chi connectivity index (χ4v) is 3.78. The van der Waals surface area contributed by atoms with Gasteiger partial charge in [-0.3, -0.25) is 9.59 Å². The van der Waals surface area contributed by atoms with Crippen LogP contribution in [0.15, 0.2) is 71.1 Å². The van der Waals surface area contributed by atoms with Crippen molar-refractivity contribution in [3.05, 3.63) is 95.2 Å². The molecular weight excluding hydrogens is 447 g/mol. The Hall–Kier alpha value is -3.45. The number of aryl methyl sites for hydroxylation is 1. The first kappa shape index (κ1) is 26.2. The fourth-order valence-electron chi connectivity index (χ4n) is 3.78. The first-order chi connectivity index (χ1) is 17.0. The minimum Gasteiger partial charge on any atom is -0.464 e. The van der Waals surface area contributed by atoms with Gasteiger partial charge in [-0.25, -0.2) is 4.39 Å². The second-order valence-electron chi connectivity index (χ2n) is 8.32. The van der Waals surface area contributed by atoms with Crippen LogP contribution in [0.25, 0.3) is 0 Å². The van der Waals surface area contributed by atoms with Crippen molar-refractivity contribution in [2.75, 3.05) is 32.8 Å². The van der Waals surface area contributed by atoms with E-state index in [4.69, 9.17) is 9.15 Å². The lowest BCUT2D eigenvalue weighted by Crippen LogP contribution is -2.44. The highest BCUT2D eigenvalue weighted by Gasteiger charge is 2.24. The van der Waals surface area contributed by atoms with Crippen LogP contribution in [-0.2, 0) is 22.5 Å². The van der Waals surface area contributed by atoms with Crippen molar-refractivity contribution in [1.29, 1.82) is 0 Å². The van der Waals surface area contributed by atoms with Crippen LogP contribution in [0.5, 0.6) is 0 Å². The molecule has 35 heavy (non-hydrogen) atoms. The molecule has 6 nitrogen and oxygen atoms in total. The van der Waals surface area contributed by atoms with Gasteiger partial charge in [0, 0.05) is 26.3 Å². The zero-order valence-corrected chi connectivity index (χ0v) is 20.4. The zero-order chi connectivity index (χ0) is 25.0. The van der Waals surface area contributed by atoms with Crippen LogP contribution < -0.4 is 0 Å². The molecule has 0 saturated heterocycles. The molecule has 2 aromatic carbocycles. The number of carbonyl (C=O) groups is 2. The summed E-state index contributed by atoms with van der Waals surface area (Å²) in [4.78, 5) is 29.7. The van der Waals surface area contributed by atoms with Gasteiger partial charge in [0.2, 0.25) is 5.91 Å². The maximum atomic E-state index is 14.4. The van der Waals surface area contributed by atoms with Gasteiger partial charge in [0.25, 0.3) is 5.91 Å². The van der Waals surface area contributed by atoms with E-state index in [1.165, 1.54) is 23.1 Å². The molecule has 7 heteroatoms. The second kappa shape index (κ2) is 13.4. The molecule has 3 rings (SSSR count). The van der Waals surface area contributed by atoms with E-state index >= 15 is 0 Å². The van der Waals surface area contributed by atoms with Crippen molar-refractivity contribution >= 4 is 11.8 Å². The standard InChI is InChI=1S/C28H33FN2O4/c1-3-34-19-9-17-31(28(33)25-12-7-8-13-26(25)29)21-27(32)30(20-24-15-14-22(2)35-24)18-16-23-10-5-4-6-11-23/h4-8,10-15H,3,9,16-21H2,1-2H3. The lowest BCUT2D eigenvalue weighted by atomic mass is 10.1. The summed E-state index contributed by atoms with van der Waals surface area (Å²) in [7, 11) is 0. The molecule has 0 aliphatic heterocycles. The van der Waals surface area contributed by atoms with Gasteiger partial charge < -0.3 is 19.0 Å². The molecule has 0 radical (unpaired) electrons. The lowest BCUT2D eigenvalue weighted by molar-refractivity contribution is -0.132. The van der Waals surface area contributed by atoms with Gasteiger partial charge in [-0.15, -0.1) is 0 Å². The van der Waals surface area contributed by atoms with Gasteiger partial charge >= 0.3 is 0 Å². The van der Waals surface area contributed by atoms with E-state index in [0.29, 0.717) is 44.9 Å². The number of benzene rings is 2. The normalized spacial score (nSPS) is 10.8. The van der Waals surface area contributed by atoms with Gasteiger partial charge in [0.1, 0.15) is 23.9 Å². The average Bonchev–Trinajstić information content (AvgIpc) is 3.28. The highest BCUT2D eigenvalue weighted by molar-refractivity contribution is 5.96. The minimum atomic E-state index is -0.605. The summed E-state index contributed by atoms with van der Waals surface area (Å²) < 4.78 is 25.5. The molecule has 1 heterocycles. The Balaban J connectivity index is 1.76. The molecule has 3 aromatic rings. The van der Waals surface area contributed by atoms with Gasteiger partial charge in [0.15, 0.2) is 0 Å². The van der Waals surface area contributed by atoms with E-state index in [2.05, 4.69) is 0 Å². The predicted molar refractivity (Wildman–Crippen MR) is 132 cm³/mol. The molecule has 0 spiro atoms. The monoisotopic (exact) mass is 480 g/mol. The number of hydrogen-bond acceptors (Lipinski definition) is 4. The number of nitrogens with zero attached hydrogens (tertiary/aromatic N) is 2. The molecule has 0 fully saturated rings. The predicted octanol–water partition coefficient (Wildman–Crippen LogP) is 4.87. The number of ether oxygens (including phenoxy) is 1. The number of amides is 2. The van der Waals surface area contributed by atoms with E-state index in [0.717, 1.165) is 11.3 Å². The number of furan rings is 1. The van der Waals surface area contributed by atoms with Crippen LogP contribution in [-0.4, -0.2) is 54.5 Å². The van der Waals surface area contributed by atoms with Crippen molar-refractivity contribution in [2.24, 2.45) is 0 Å². The van der Waals surface area contributed by atoms with E-state index < -0.39 is 11.7 Å². The maximum absolute atomic E-state index is 14.4. The highest BCUT2D eigenvalue weighted by atomic mass is 19.1. The molecule has 0 saturated carbocycles. The summed E-state index contributed by atoms with van der Waals surface area (Å²) in [5, 5.41) is 0. The Morgan fingerprint density at radius 1 is 0.943 bits per heavy atom. The smallest absolute Gasteiger partial charge is 0.257 e. The summed E-state index contributed by atoms with van der Waals surface area (Å²) in [6.07, 6.45) is 1.21. The zero-order valence-electron chi connectivity index (χ0n) is 20.4. The molecular formula is C28H33FN2O4. The van der Waals surface area contributed by atoms with Crippen molar-refractivity contribution in [3.63, 3.8) is 0 Å². The summed E-state index contributed by atoms with van der Waals surface area (Å²) in [6, 6.07) is 19.5. The first-order valence-corrected chi connectivity index (χ1v) is 12.0. The number of halogens is 1. The van der Waals surface area contributed by atoms with Crippen LogP contribution in [0.1, 0.15) is 40.8 Å². The van der Waals surface area contributed by atoms with Crippen LogP contribution in [0, 0.1) is 12.7 Å². The van der Waals surface area contributed by atoms with E-state index in [1.54, 1.807) is 11.0 Å². The summed E-state index contributed by atoms with van der Waals surface area (Å²) in [5.74, 6) is 0.0996. The number of carbonyl (C=O) groups excluding carboxylic acids is 2. The Morgan fingerprint density at radius 2 is 1.69 bits per heavy atom. The third kappa shape index (κ3) is 8.07. The van der Waals surface area contributed by atoms with Crippen molar-refractivity contribution in [2.45, 2.75) is 33.2 Å². The number of hydrogen-bond donors (Lipinski definition) is 0. The summed E-state index contributed by atoms with van der Waals surface area (Å²) in [6.45, 7) is 5.65. The van der Waals surface area contributed by atoms with E-state index in [9.17, 15) is 14.0 Å². The van der Waals surface area contributed by atoms with Crippen molar-refractivity contribution in [3.8, 4) is 0 Å². The van der Waals surface area contributed by atoms with Crippen molar-refractivity contribution < 1.29 is 23.1 Å². The Labute approximate surface area is 206 Å². The molecule has 0 N–H and O–H groups in total. The topological polar surface area (TPSA) is 63.0 Å². The molecule has 2 amide bonds. The average molecular weight is 481 g/mol. The van der Waals surface area contributed by atoms with Gasteiger partial charge in [-0.2, -0.15) is 0 Å². The molecule has 186 valence electrons. The largest absolute Gasteiger partial charge is 0.464 e. The maximum Gasteiger partial charge on any atom is 0.257 e. The van der Waals surface area contributed by atoms with Crippen LogP contribution in [0.2, 0.25) is 0 Å². The molecule has 0 unspecified atom stereocenters. The Bertz CT molecular complexity index is 1080. The molecule has 1 aromatic heterocycles. The summed E-state index contributed by atoms with van der Waals surface area (Å²) in [5.41, 5.74) is 1.06. The van der Waals surface area contributed by atoms with Crippen LogP contribution in [0.3, 0.4) is 0 Å². The second-order valence-corrected chi connectivity index (χ2v) is 8.32.